The number of sulfonamides is 1. The standard InChI is InChI=1S/C40H55N5O10S/c1-24-12-8-9-13-26-20-40(26,36(48)44-56(50,51)39(5)16-17-39)43-33(46)30-19-27(54-34-29-15-11-10-14-28(29)31(53-7)21-41-34)22-45(30)35(47)32(25(18-24)23-52-6)42-37(49)55-38(2,3)4/h9-11,13-15,21,24-27,30,32H,8,12,16-20,22-23H2,1-7H3,(H,42,49)(H,43,46)(H,44,48)/b13-9-/t24-,25+,26+,27-,30+,32+,40+/m1/s1. The molecule has 6 rings (SSSR count). The maximum atomic E-state index is 15.0. The number of carbonyl (C=O) groups is 4. The fourth-order valence-electron chi connectivity index (χ4n) is 7.78. The zero-order chi connectivity index (χ0) is 40.6. The van der Waals surface area contributed by atoms with Crippen LogP contribution in [0.2, 0.25) is 0 Å². The first-order chi connectivity index (χ1) is 26.4. The quantitative estimate of drug-likeness (QED) is 0.311. The molecule has 15 nitrogen and oxygen atoms in total. The molecule has 306 valence electrons. The van der Waals surface area contributed by atoms with E-state index in [0.29, 0.717) is 36.8 Å². The van der Waals surface area contributed by atoms with Gasteiger partial charge in [0.25, 0.3) is 5.91 Å². The van der Waals surface area contributed by atoms with Crippen LogP contribution in [0.4, 0.5) is 4.79 Å². The van der Waals surface area contributed by atoms with Crippen molar-refractivity contribution >= 4 is 44.6 Å². The summed E-state index contributed by atoms with van der Waals surface area (Å²) in [6, 6.07) is 5.09. The molecule has 3 N–H and O–H groups in total. The van der Waals surface area contributed by atoms with Crippen molar-refractivity contribution in [1.29, 1.82) is 0 Å². The van der Waals surface area contributed by atoms with Crippen LogP contribution in [0.25, 0.3) is 10.8 Å². The van der Waals surface area contributed by atoms with Crippen molar-refractivity contribution in [2.75, 3.05) is 27.4 Å². The molecular weight excluding hydrogens is 743 g/mol. The minimum atomic E-state index is -4.01. The van der Waals surface area contributed by atoms with E-state index < -0.39 is 79.7 Å². The van der Waals surface area contributed by atoms with E-state index in [0.717, 1.165) is 11.8 Å². The minimum absolute atomic E-state index is 0.0126. The number of hydrogen-bond donors (Lipinski definition) is 3. The summed E-state index contributed by atoms with van der Waals surface area (Å²) in [6.45, 7) is 8.89. The van der Waals surface area contributed by atoms with Crippen LogP contribution in [0.3, 0.4) is 0 Å². The van der Waals surface area contributed by atoms with Gasteiger partial charge in [0.05, 0.1) is 31.2 Å². The number of hydrogen-bond acceptors (Lipinski definition) is 11. The van der Waals surface area contributed by atoms with Crippen molar-refractivity contribution in [2.24, 2.45) is 17.8 Å². The second-order valence-corrected chi connectivity index (χ2v) is 19.2. The number of allylic oxidation sites excluding steroid dienone is 1. The number of rotatable bonds is 9. The van der Waals surface area contributed by atoms with Gasteiger partial charge in [-0.25, -0.2) is 18.2 Å². The SMILES string of the molecule is COC[C@@H]1C[C@H](C)CC/C=C\[C@H]2C[C@]2(C(=O)NS(=O)(=O)C2(C)CC2)NC(=O)[C@@H]2C[C@@H](Oc3ncc(OC)c4ccccc34)CN2C(=O)[C@H]1NC(=O)OC(C)(C)C. The minimum Gasteiger partial charge on any atom is -0.494 e. The second kappa shape index (κ2) is 15.8. The predicted molar refractivity (Wildman–Crippen MR) is 207 cm³/mol. The van der Waals surface area contributed by atoms with Crippen LogP contribution >= 0.6 is 0 Å². The summed E-state index contributed by atoms with van der Waals surface area (Å²) in [5.74, 6) is -2.08. The van der Waals surface area contributed by atoms with Crippen molar-refractivity contribution < 1.29 is 46.5 Å². The molecule has 1 aromatic carbocycles. The van der Waals surface area contributed by atoms with E-state index in [4.69, 9.17) is 18.9 Å². The van der Waals surface area contributed by atoms with Gasteiger partial charge in [-0.15, -0.1) is 0 Å². The third kappa shape index (κ3) is 8.75. The largest absolute Gasteiger partial charge is 0.494 e. The number of aromatic nitrogens is 1. The number of ether oxygens (including phenoxy) is 4. The van der Waals surface area contributed by atoms with Gasteiger partial charge in [-0.1, -0.05) is 37.3 Å². The van der Waals surface area contributed by atoms with E-state index >= 15 is 0 Å². The Bertz CT molecular complexity index is 1980. The summed E-state index contributed by atoms with van der Waals surface area (Å²) in [4.78, 5) is 62.7. The number of benzene rings is 1. The average Bonchev–Trinajstić information content (AvgIpc) is 4.01. The number of nitrogens with one attached hydrogen (secondary N) is 3. The van der Waals surface area contributed by atoms with E-state index in [1.807, 2.05) is 36.4 Å². The Morgan fingerprint density at radius 1 is 1.09 bits per heavy atom. The van der Waals surface area contributed by atoms with Gasteiger partial charge in [0.2, 0.25) is 27.7 Å². The fourth-order valence-corrected chi connectivity index (χ4v) is 9.09. The molecule has 0 radical (unpaired) electrons. The summed E-state index contributed by atoms with van der Waals surface area (Å²) in [7, 11) is -0.938. The van der Waals surface area contributed by atoms with E-state index in [9.17, 15) is 27.6 Å². The Labute approximate surface area is 328 Å². The lowest BCUT2D eigenvalue weighted by Gasteiger charge is -2.34. The van der Waals surface area contributed by atoms with Crippen molar-refractivity contribution in [2.45, 2.75) is 114 Å². The maximum absolute atomic E-state index is 15.0. The predicted octanol–water partition coefficient (Wildman–Crippen LogP) is 4.00. The van der Waals surface area contributed by atoms with Crippen LogP contribution < -0.4 is 24.8 Å². The summed E-state index contributed by atoms with van der Waals surface area (Å²) >= 11 is 0. The van der Waals surface area contributed by atoms with E-state index in [1.54, 1.807) is 41.0 Å². The smallest absolute Gasteiger partial charge is 0.408 e. The molecule has 0 spiro atoms. The lowest BCUT2D eigenvalue weighted by atomic mass is 9.87. The van der Waals surface area contributed by atoms with E-state index in [2.05, 4.69) is 27.3 Å². The van der Waals surface area contributed by atoms with Gasteiger partial charge >= 0.3 is 6.09 Å². The number of carbonyl (C=O) groups excluding carboxylic acids is 4. The van der Waals surface area contributed by atoms with Gasteiger partial charge in [-0.05, 0) is 78.2 Å². The number of methoxy groups -OCH3 is 2. The van der Waals surface area contributed by atoms with Gasteiger partial charge in [-0.3, -0.25) is 19.1 Å². The van der Waals surface area contributed by atoms with Crippen LogP contribution in [-0.4, -0.2) is 104 Å². The second-order valence-electron chi connectivity index (χ2n) is 17.0. The zero-order valence-electron chi connectivity index (χ0n) is 33.3. The van der Waals surface area contributed by atoms with Gasteiger partial charge in [0.1, 0.15) is 35.1 Å². The number of amides is 4. The summed E-state index contributed by atoms with van der Waals surface area (Å²) in [6.07, 6.45) is 6.74. The molecule has 1 aromatic heterocycles. The van der Waals surface area contributed by atoms with Gasteiger partial charge in [-0.2, -0.15) is 0 Å². The lowest BCUT2D eigenvalue weighted by molar-refractivity contribution is -0.142. The fraction of sp³-hybridized carbons (Fsp3) is 0.625. The van der Waals surface area contributed by atoms with Gasteiger partial charge < -0.3 is 34.5 Å². The van der Waals surface area contributed by atoms with E-state index in [1.165, 1.54) is 12.0 Å². The van der Waals surface area contributed by atoms with Crippen LogP contribution in [0.1, 0.15) is 79.6 Å². The third-order valence-corrected chi connectivity index (χ3v) is 13.5. The highest BCUT2D eigenvalue weighted by Gasteiger charge is 2.63. The topological polar surface area (TPSA) is 192 Å². The van der Waals surface area contributed by atoms with Crippen molar-refractivity contribution in [3.8, 4) is 11.6 Å². The van der Waals surface area contributed by atoms with Crippen LogP contribution in [0, 0.1) is 17.8 Å². The molecule has 4 aliphatic rings. The highest BCUT2D eigenvalue weighted by Crippen LogP contribution is 2.47. The van der Waals surface area contributed by atoms with Crippen molar-refractivity contribution in [3.05, 3.63) is 42.6 Å². The Hall–Kier alpha value is -4.44. The normalized spacial score (nSPS) is 29.7. The number of nitrogens with zero attached hydrogens (tertiary/aromatic N) is 2. The average molecular weight is 798 g/mol. The molecule has 16 heteroatoms. The first kappa shape index (κ1) is 41.2. The zero-order valence-corrected chi connectivity index (χ0v) is 34.1. The Morgan fingerprint density at radius 2 is 1.80 bits per heavy atom. The lowest BCUT2D eigenvalue weighted by Crippen LogP contribution is -2.60. The Balaban J connectivity index is 1.38. The molecule has 56 heavy (non-hydrogen) atoms. The molecule has 0 unspecified atom stereocenters. The molecule has 2 aliphatic carbocycles. The summed E-state index contributed by atoms with van der Waals surface area (Å²) in [5, 5.41) is 7.14. The first-order valence-corrected chi connectivity index (χ1v) is 20.8. The summed E-state index contributed by atoms with van der Waals surface area (Å²) < 4.78 is 50.8. The van der Waals surface area contributed by atoms with Crippen LogP contribution in [-0.2, 0) is 33.9 Å². The molecule has 2 aromatic rings. The molecule has 3 heterocycles. The molecular formula is C40H55N5O10S. The number of fused-ring (bicyclic) bond motifs is 3. The van der Waals surface area contributed by atoms with E-state index in [-0.39, 0.29) is 37.8 Å². The number of pyridine rings is 1. The van der Waals surface area contributed by atoms with Gasteiger partial charge in [0.15, 0.2) is 0 Å². The third-order valence-electron chi connectivity index (χ3n) is 11.4. The molecule has 4 amide bonds. The summed E-state index contributed by atoms with van der Waals surface area (Å²) in [5.41, 5.74) is -2.40. The maximum Gasteiger partial charge on any atom is 0.408 e. The number of alkyl carbamates (subject to hydrolysis) is 1. The van der Waals surface area contributed by atoms with Crippen molar-refractivity contribution in [1.82, 2.24) is 25.2 Å². The molecule has 7 atom stereocenters. The van der Waals surface area contributed by atoms with Crippen molar-refractivity contribution in [3.63, 3.8) is 0 Å². The van der Waals surface area contributed by atoms with Crippen LogP contribution in [0.5, 0.6) is 11.6 Å². The highest BCUT2D eigenvalue weighted by atomic mass is 32.2. The molecule has 0 bridgehead atoms. The van der Waals surface area contributed by atoms with Gasteiger partial charge in [0, 0.05) is 36.1 Å². The van der Waals surface area contributed by atoms with Crippen LogP contribution in [0.15, 0.2) is 42.6 Å². The molecule has 3 fully saturated rings. The molecule has 1 saturated heterocycles. The Morgan fingerprint density at radius 3 is 2.46 bits per heavy atom. The molecule has 2 aliphatic heterocycles. The Kier molecular flexibility index (Phi) is 11.6. The highest BCUT2D eigenvalue weighted by molar-refractivity contribution is 7.91. The first-order valence-electron chi connectivity index (χ1n) is 19.3. The monoisotopic (exact) mass is 797 g/mol. The molecule has 2 saturated carbocycles.